The van der Waals surface area contributed by atoms with Gasteiger partial charge in [0.05, 0.1) is 12.7 Å². The average Bonchev–Trinajstić information content (AvgIpc) is 2.78. The molecule has 4 N–H and O–H groups in total. The third-order valence-corrected chi connectivity index (χ3v) is 2.96. The lowest BCUT2D eigenvalue weighted by Gasteiger charge is -2.14. The van der Waals surface area contributed by atoms with E-state index in [1.165, 1.54) is 6.08 Å². The molecular formula is C14H17NO5. The lowest BCUT2D eigenvalue weighted by molar-refractivity contribution is -0.113. The Labute approximate surface area is 116 Å². The van der Waals surface area contributed by atoms with Crippen LogP contribution in [0.2, 0.25) is 0 Å². The number of nitrogens with two attached hydrogens (primary N) is 1. The number of carbonyl (C=O) groups is 1. The SMILES string of the molecule is NC(=O)/C=C/c1ccc(OC2C[C@H](O)[C@@H](CO)O2)cc1. The van der Waals surface area contributed by atoms with E-state index in [2.05, 4.69) is 0 Å². The fourth-order valence-electron chi connectivity index (χ4n) is 1.92. The molecule has 1 aromatic rings. The molecule has 0 spiro atoms. The van der Waals surface area contributed by atoms with Crippen LogP contribution in [0.3, 0.4) is 0 Å². The topological polar surface area (TPSA) is 102 Å². The zero-order chi connectivity index (χ0) is 14.5. The van der Waals surface area contributed by atoms with Crippen molar-refractivity contribution >= 4 is 12.0 Å². The summed E-state index contributed by atoms with van der Waals surface area (Å²) in [6.07, 6.45) is 1.30. The van der Waals surface area contributed by atoms with Gasteiger partial charge in [0.15, 0.2) is 0 Å². The molecule has 1 fully saturated rings. The fourth-order valence-corrected chi connectivity index (χ4v) is 1.92. The van der Waals surface area contributed by atoms with Gasteiger partial charge in [0, 0.05) is 12.5 Å². The Morgan fingerprint density at radius 1 is 1.45 bits per heavy atom. The second-order valence-corrected chi connectivity index (χ2v) is 4.51. The van der Waals surface area contributed by atoms with Gasteiger partial charge < -0.3 is 25.4 Å². The van der Waals surface area contributed by atoms with Crippen molar-refractivity contribution in [1.82, 2.24) is 0 Å². The fraction of sp³-hybridized carbons (Fsp3) is 0.357. The van der Waals surface area contributed by atoms with Gasteiger partial charge in [-0.15, -0.1) is 0 Å². The molecule has 20 heavy (non-hydrogen) atoms. The van der Waals surface area contributed by atoms with Crippen molar-refractivity contribution in [1.29, 1.82) is 0 Å². The first kappa shape index (κ1) is 14.5. The standard InChI is InChI=1S/C14H17NO5/c15-13(18)6-3-9-1-4-10(5-2-9)19-14-7-11(17)12(8-16)20-14/h1-6,11-12,14,16-17H,7-8H2,(H2,15,18)/b6-3+/t11-,12+,14?/m0/s1. The molecule has 1 saturated heterocycles. The van der Waals surface area contributed by atoms with Crippen LogP contribution in [0.15, 0.2) is 30.3 Å². The number of primary amides is 1. The Hall–Kier alpha value is -1.89. The molecular weight excluding hydrogens is 262 g/mol. The molecule has 0 radical (unpaired) electrons. The van der Waals surface area contributed by atoms with Crippen molar-refractivity contribution in [2.75, 3.05) is 6.61 Å². The van der Waals surface area contributed by atoms with Gasteiger partial charge >= 0.3 is 0 Å². The summed E-state index contributed by atoms with van der Waals surface area (Å²) in [5.74, 6) is 0.0747. The summed E-state index contributed by atoms with van der Waals surface area (Å²) in [7, 11) is 0. The van der Waals surface area contributed by atoms with Gasteiger partial charge in [0.25, 0.3) is 0 Å². The highest BCUT2D eigenvalue weighted by Crippen LogP contribution is 2.24. The lowest BCUT2D eigenvalue weighted by Crippen LogP contribution is -2.24. The smallest absolute Gasteiger partial charge is 0.241 e. The Balaban J connectivity index is 1.93. The van der Waals surface area contributed by atoms with E-state index in [4.69, 9.17) is 20.3 Å². The van der Waals surface area contributed by atoms with Crippen LogP contribution in [-0.4, -0.2) is 41.2 Å². The molecule has 0 aromatic heterocycles. The molecule has 2 rings (SSSR count). The summed E-state index contributed by atoms with van der Waals surface area (Å²) in [5, 5.41) is 18.6. The van der Waals surface area contributed by atoms with Crippen molar-refractivity contribution in [2.24, 2.45) is 5.73 Å². The van der Waals surface area contributed by atoms with Crippen molar-refractivity contribution in [3.05, 3.63) is 35.9 Å². The van der Waals surface area contributed by atoms with E-state index < -0.39 is 24.4 Å². The third kappa shape index (κ3) is 3.80. The van der Waals surface area contributed by atoms with Gasteiger partial charge in [0.1, 0.15) is 11.9 Å². The van der Waals surface area contributed by atoms with E-state index in [1.807, 2.05) is 0 Å². The van der Waals surface area contributed by atoms with Crippen molar-refractivity contribution < 1.29 is 24.5 Å². The number of carbonyl (C=O) groups excluding carboxylic acids is 1. The Morgan fingerprint density at radius 2 is 2.15 bits per heavy atom. The molecule has 6 nitrogen and oxygen atoms in total. The number of ether oxygens (including phenoxy) is 2. The van der Waals surface area contributed by atoms with Crippen LogP contribution in [0, 0.1) is 0 Å². The van der Waals surface area contributed by atoms with Crippen LogP contribution >= 0.6 is 0 Å². The average molecular weight is 279 g/mol. The van der Waals surface area contributed by atoms with E-state index in [1.54, 1.807) is 30.3 Å². The van der Waals surface area contributed by atoms with Crippen molar-refractivity contribution in [3.63, 3.8) is 0 Å². The van der Waals surface area contributed by atoms with Gasteiger partial charge in [-0.05, 0) is 23.8 Å². The lowest BCUT2D eigenvalue weighted by atomic mass is 10.2. The van der Waals surface area contributed by atoms with Gasteiger partial charge in [-0.25, -0.2) is 0 Å². The normalized spacial score (nSPS) is 26.0. The van der Waals surface area contributed by atoms with Crippen LogP contribution in [0.1, 0.15) is 12.0 Å². The molecule has 0 aliphatic carbocycles. The molecule has 1 aromatic carbocycles. The van der Waals surface area contributed by atoms with Crippen LogP contribution in [0.25, 0.3) is 6.08 Å². The first-order chi connectivity index (χ1) is 9.58. The predicted molar refractivity (Wildman–Crippen MR) is 71.7 cm³/mol. The van der Waals surface area contributed by atoms with Crippen molar-refractivity contribution in [2.45, 2.75) is 24.9 Å². The highest BCUT2D eigenvalue weighted by molar-refractivity contribution is 5.90. The number of amides is 1. The number of hydrogen-bond acceptors (Lipinski definition) is 5. The van der Waals surface area contributed by atoms with Gasteiger partial charge in [0.2, 0.25) is 12.2 Å². The van der Waals surface area contributed by atoms with Crippen LogP contribution < -0.4 is 10.5 Å². The number of benzene rings is 1. The number of hydrogen-bond donors (Lipinski definition) is 3. The largest absolute Gasteiger partial charge is 0.465 e. The van der Waals surface area contributed by atoms with Gasteiger partial charge in [-0.1, -0.05) is 12.1 Å². The molecule has 6 heteroatoms. The second kappa shape index (κ2) is 6.51. The summed E-state index contributed by atoms with van der Waals surface area (Å²) in [6.45, 7) is -0.238. The van der Waals surface area contributed by atoms with E-state index in [-0.39, 0.29) is 6.61 Å². The highest BCUT2D eigenvalue weighted by Gasteiger charge is 2.34. The minimum atomic E-state index is -0.720. The minimum Gasteiger partial charge on any atom is -0.465 e. The summed E-state index contributed by atoms with van der Waals surface area (Å²) in [5.41, 5.74) is 5.82. The number of aliphatic hydroxyl groups is 2. The maximum Gasteiger partial charge on any atom is 0.241 e. The molecule has 1 aliphatic rings. The first-order valence-corrected chi connectivity index (χ1v) is 6.27. The Morgan fingerprint density at radius 3 is 2.70 bits per heavy atom. The highest BCUT2D eigenvalue weighted by atomic mass is 16.7. The van der Waals surface area contributed by atoms with Crippen molar-refractivity contribution in [3.8, 4) is 5.75 Å². The molecule has 108 valence electrons. The molecule has 3 atom stereocenters. The van der Waals surface area contributed by atoms with E-state index in [0.29, 0.717) is 12.2 Å². The zero-order valence-electron chi connectivity index (χ0n) is 10.8. The first-order valence-electron chi connectivity index (χ1n) is 6.27. The molecule has 1 unspecified atom stereocenters. The third-order valence-electron chi connectivity index (χ3n) is 2.96. The monoisotopic (exact) mass is 279 g/mol. The Kier molecular flexibility index (Phi) is 4.73. The minimum absolute atomic E-state index is 0.238. The maximum absolute atomic E-state index is 10.6. The molecule has 0 saturated carbocycles. The predicted octanol–water partition coefficient (Wildman–Crippen LogP) is 0.0321. The van der Waals surface area contributed by atoms with E-state index in [9.17, 15) is 9.90 Å². The van der Waals surface area contributed by atoms with Gasteiger partial charge in [-0.3, -0.25) is 4.79 Å². The van der Waals surface area contributed by atoms with E-state index >= 15 is 0 Å². The molecule has 1 aliphatic heterocycles. The van der Waals surface area contributed by atoms with Crippen LogP contribution in [-0.2, 0) is 9.53 Å². The second-order valence-electron chi connectivity index (χ2n) is 4.51. The summed E-state index contributed by atoms with van der Waals surface area (Å²) in [6, 6.07) is 6.98. The zero-order valence-corrected chi connectivity index (χ0v) is 10.8. The number of aliphatic hydroxyl groups excluding tert-OH is 2. The maximum atomic E-state index is 10.6. The van der Waals surface area contributed by atoms with Gasteiger partial charge in [-0.2, -0.15) is 0 Å². The summed E-state index contributed by atoms with van der Waals surface area (Å²) >= 11 is 0. The van der Waals surface area contributed by atoms with E-state index in [0.717, 1.165) is 5.56 Å². The van der Waals surface area contributed by atoms with Crippen LogP contribution in [0.5, 0.6) is 5.75 Å². The molecule has 1 heterocycles. The molecule has 1 amide bonds. The van der Waals surface area contributed by atoms with Crippen LogP contribution in [0.4, 0.5) is 0 Å². The quantitative estimate of drug-likeness (QED) is 0.660. The number of rotatable bonds is 5. The Bertz CT molecular complexity index is 485. The summed E-state index contributed by atoms with van der Waals surface area (Å²) in [4.78, 5) is 10.6. The molecule has 0 bridgehead atoms. The summed E-state index contributed by atoms with van der Waals surface area (Å²) < 4.78 is 10.9.